The van der Waals surface area contributed by atoms with Gasteiger partial charge in [0.25, 0.3) is 0 Å². The molecule has 0 saturated carbocycles. The van der Waals surface area contributed by atoms with Crippen LogP contribution in [0.15, 0.2) is 0 Å². The number of hydrogen-bond acceptors (Lipinski definition) is 2. The van der Waals surface area contributed by atoms with E-state index >= 15 is 0 Å². The molecule has 18 heavy (non-hydrogen) atoms. The fraction of sp³-hybridized carbons (Fsp3) is 0.933. The van der Waals surface area contributed by atoms with Crippen molar-refractivity contribution in [1.29, 1.82) is 0 Å². The number of ether oxygens (including phenoxy) is 1. The van der Waals surface area contributed by atoms with E-state index in [0.717, 1.165) is 21.4 Å². The van der Waals surface area contributed by atoms with Gasteiger partial charge in [0.05, 0.1) is 0 Å². The molecular formula is C15H33O2P. The van der Waals surface area contributed by atoms with Gasteiger partial charge in [0.2, 0.25) is 0 Å². The molecule has 0 aromatic heterocycles. The summed E-state index contributed by atoms with van der Waals surface area (Å²) >= 11 is 0. The Morgan fingerprint density at radius 3 is 1.89 bits per heavy atom. The highest BCUT2D eigenvalue weighted by Gasteiger charge is 2.15. The van der Waals surface area contributed by atoms with Crippen molar-refractivity contribution < 1.29 is 9.53 Å². The standard InChI is InChI=1S/C13H26O2.C2H7P/c1-5-6-7-8-9-10-11-12(14)15-13(2,3)4;1-3-2/h5-11H2,1-4H3;3H,1-2H3. The maximum Gasteiger partial charge on any atom is 0.306 e. The van der Waals surface area contributed by atoms with Crippen LogP contribution in [0.3, 0.4) is 0 Å². The summed E-state index contributed by atoms with van der Waals surface area (Å²) in [5, 5.41) is 0. The number of esters is 1. The molecule has 0 rings (SSSR count). The second-order valence-corrected chi connectivity index (χ2v) is 6.60. The first-order chi connectivity index (χ1) is 8.37. The highest BCUT2D eigenvalue weighted by Crippen LogP contribution is 2.11. The van der Waals surface area contributed by atoms with E-state index in [1.165, 1.54) is 25.7 Å². The first kappa shape index (κ1) is 20.2. The van der Waals surface area contributed by atoms with E-state index < -0.39 is 0 Å². The molecule has 0 aliphatic rings. The van der Waals surface area contributed by atoms with E-state index in [9.17, 15) is 4.79 Å². The minimum absolute atomic E-state index is 0.0574. The molecule has 0 heterocycles. The van der Waals surface area contributed by atoms with E-state index in [4.69, 9.17) is 4.74 Å². The molecule has 0 bridgehead atoms. The summed E-state index contributed by atoms with van der Waals surface area (Å²) in [5.41, 5.74) is -0.334. The zero-order chi connectivity index (χ0) is 14.4. The summed E-state index contributed by atoms with van der Waals surface area (Å²) < 4.78 is 5.23. The van der Waals surface area contributed by atoms with Gasteiger partial charge in [0, 0.05) is 6.42 Å². The van der Waals surface area contributed by atoms with Crippen molar-refractivity contribution in [1.82, 2.24) is 0 Å². The van der Waals surface area contributed by atoms with Crippen LogP contribution in [0.25, 0.3) is 0 Å². The number of unbranched alkanes of at least 4 members (excludes halogenated alkanes) is 5. The summed E-state index contributed by atoms with van der Waals surface area (Å²) in [6.45, 7) is 12.2. The molecule has 0 radical (unpaired) electrons. The Kier molecular flexibility index (Phi) is 15.0. The zero-order valence-electron chi connectivity index (χ0n) is 13.3. The smallest absolute Gasteiger partial charge is 0.306 e. The topological polar surface area (TPSA) is 26.3 Å². The Labute approximate surface area is 116 Å². The lowest BCUT2D eigenvalue weighted by Crippen LogP contribution is -2.23. The van der Waals surface area contributed by atoms with Crippen molar-refractivity contribution in [3.8, 4) is 0 Å². The largest absolute Gasteiger partial charge is 0.460 e. The first-order valence-electron chi connectivity index (χ1n) is 7.17. The molecule has 0 fully saturated rings. The SMILES string of the molecule is CCCCCCCCC(=O)OC(C)(C)C.CPC. The molecule has 0 aromatic carbocycles. The molecule has 0 atom stereocenters. The van der Waals surface area contributed by atoms with Crippen LogP contribution in [-0.4, -0.2) is 24.9 Å². The van der Waals surface area contributed by atoms with E-state index in [1.807, 2.05) is 20.8 Å². The van der Waals surface area contributed by atoms with Crippen molar-refractivity contribution in [3.05, 3.63) is 0 Å². The van der Waals surface area contributed by atoms with Crippen molar-refractivity contribution in [3.63, 3.8) is 0 Å². The highest BCUT2D eigenvalue weighted by atomic mass is 31.1. The molecule has 0 amide bonds. The van der Waals surface area contributed by atoms with Gasteiger partial charge in [0.1, 0.15) is 5.60 Å². The second-order valence-electron chi connectivity index (χ2n) is 5.60. The molecule has 0 N–H and O–H groups in total. The first-order valence-corrected chi connectivity index (χ1v) is 9.17. The van der Waals surface area contributed by atoms with E-state index in [0.29, 0.717) is 6.42 Å². The number of carbonyl (C=O) groups excluding carboxylic acids is 1. The average Bonchev–Trinajstić information content (AvgIpc) is 2.22. The third kappa shape index (κ3) is 21.2. The molecule has 0 aliphatic carbocycles. The van der Waals surface area contributed by atoms with Crippen LogP contribution in [-0.2, 0) is 9.53 Å². The van der Waals surface area contributed by atoms with Gasteiger partial charge in [-0.2, -0.15) is 0 Å². The molecule has 0 saturated heterocycles. The fourth-order valence-corrected chi connectivity index (χ4v) is 1.44. The summed E-state index contributed by atoms with van der Waals surface area (Å²) in [4.78, 5) is 11.3. The second kappa shape index (κ2) is 13.3. The molecular weight excluding hydrogens is 243 g/mol. The van der Waals surface area contributed by atoms with Gasteiger partial charge in [-0.3, -0.25) is 4.79 Å². The van der Waals surface area contributed by atoms with Gasteiger partial charge in [-0.05, 0) is 40.5 Å². The van der Waals surface area contributed by atoms with Gasteiger partial charge in [-0.25, -0.2) is 0 Å². The van der Waals surface area contributed by atoms with Crippen molar-refractivity contribution in [2.45, 2.75) is 78.2 Å². The third-order valence-corrected chi connectivity index (χ3v) is 2.15. The minimum atomic E-state index is -0.334. The number of hydrogen-bond donors (Lipinski definition) is 0. The molecule has 0 aliphatic heterocycles. The van der Waals surface area contributed by atoms with Crippen LogP contribution in [0.4, 0.5) is 0 Å². The molecule has 3 heteroatoms. The highest BCUT2D eigenvalue weighted by molar-refractivity contribution is 7.35. The predicted octanol–water partition coefficient (Wildman–Crippen LogP) is 5.00. The van der Waals surface area contributed by atoms with Crippen LogP contribution < -0.4 is 0 Å². The fourth-order valence-electron chi connectivity index (χ4n) is 1.44. The van der Waals surface area contributed by atoms with E-state index in [2.05, 4.69) is 20.3 Å². The van der Waals surface area contributed by atoms with Crippen molar-refractivity contribution in [2.75, 3.05) is 13.3 Å². The Morgan fingerprint density at radius 1 is 1.00 bits per heavy atom. The summed E-state index contributed by atoms with van der Waals surface area (Å²) in [6.07, 6.45) is 7.82. The van der Waals surface area contributed by atoms with E-state index in [1.54, 1.807) is 0 Å². The lowest BCUT2D eigenvalue weighted by atomic mass is 10.1. The Hall–Kier alpha value is -0.100. The predicted molar refractivity (Wildman–Crippen MR) is 84.0 cm³/mol. The third-order valence-electron chi connectivity index (χ3n) is 2.15. The average molecular weight is 276 g/mol. The summed E-state index contributed by atoms with van der Waals surface area (Å²) in [5.74, 6) is -0.0574. The van der Waals surface area contributed by atoms with Crippen LogP contribution in [0.1, 0.15) is 72.6 Å². The molecule has 0 spiro atoms. The summed E-state index contributed by atoms with van der Waals surface area (Å²) in [7, 11) is 1.08. The zero-order valence-corrected chi connectivity index (χ0v) is 14.3. The quantitative estimate of drug-likeness (QED) is 0.371. The Morgan fingerprint density at radius 2 is 1.44 bits per heavy atom. The molecule has 110 valence electrons. The van der Waals surface area contributed by atoms with Gasteiger partial charge in [-0.15, -0.1) is 8.58 Å². The lowest BCUT2D eigenvalue weighted by molar-refractivity contribution is -0.154. The van der Waals surface area contributed by atoms with Crippen molar-refractivity contribution >= 4 is 14.6 Å². The molecule has 2 nitrogen and oxygen atoms in total. The van der Waals surface area contributed by atoms with Gasteiger partial charge >= 0.3 is 5.97 Å². The van der Waals surface area contributed by atoms with Gasteiger partial charge in [-0.1, -0.05) is 39.0 Å². The van der Waals surface area contributed by atoms with Gasteiger partial charge < -0.3 is 4.74 Å². The number of rotatable bonds is 7. The Balaban J connectivity index is 0. The maximum atomic E-state index is 11.3. The summed E-state index contributed by atoms with van der Waals surface area (Å²) in [6, 6.07) is 0. The van der Waals surface area contributed by atoms with Crippen LogP contribution in [0.2, 0.25) is 0 Å². The monoisotopic (exact) mass is 276 g/mol. The van der Waals surface area contributed by atoms with Crippen LogP contribution >= 0.6 is 8.58 Å². The normalized spacial score (nSPS) is 10.6. The van der Waals surface area contributed by atoms with Crippen LogP contribution in [0, 0.1) is 0 Å². The van der Waals surface area contributed by atoms with Gasteiger partial charge in [0.15, 0.2) is 0 Å². The molecule has 0 unspecified atom stereocenters. The minimum Gasteiger partial charge on any atom is -0.460 e. The number of carbonyl (C=O) groups is 1. The lowest BCUT2D eigenvalue weighted by Gasteiger charge is -2.19. The van der Waals surface area contributed by atoms with E-state index in [-0.39, 0.29) is 11.6 Å². The Bertz CT molecular complexity index is 185. The van der Waals surface area contributed by atoms with Crippen molar-refractivity contribution in [2.24, 2.45) is 0 Å². The maximum absolute atomic E-state index is 11.3. The van der Waals surface area contributed by atoms with Crippen LogP contribution in [0.5, 0.6) is 0 Å². The molecule has 0 aromatic rings.